The fraction of sp³-hybridized carbons (Fsp3) is 0.438. The Kier molecular flexibility index (Phi) is 7.21. The quantitative estimate of drug-likeness (QED) is 0.739. The molecule has 0 aliphatic rings. The number of aryl methyl sites for hydroxylation is 1. The summed E-state index contributed by atoms with van der Waals surface area (Å²) in [7, 11) is 0. The predicted molar refractivity (Wildman–Crippen MR) is 91.8 cm³/mol. The first kappa shape index (κ1) is 20.0. The molecule has 0 aliphatic carbocycles. The molecule has 0 saturated carbocycles. The van der Waals surface area contributed by atoms with Crippen LogP contribution in [0.4, 0.5) is 4.79 Å². The average Bonchev–Trinajstić information content (AvgIpc) is 2.42. The molecule has 0 radical (unpaired) electrons. The summed E-state index contributed by atoms with van der Waals surface area (Å²) in [5.41, 5.74) is 0.568. The Labute approximate surface area is 149 Å². The van der Waals surface area contributed by atoms with Crippen LogP contribution in [0.5, 0.6) is 5.75 Å². The number of nitrogens with one attached hydrogen (secondary N) is 2. The molecule has 7 nitrogen and oxygen atoms in total. The second kappa shape index (κ2) is 8.68. The molecule has 0 saturated heterocycles. The number of carbonyl (C=O) groups is 3. The molecule has 0 fully saturated rings. The van der Waals surface area contributed by atoms with E-state index in [1.807, 2.05) is 19.1 Å². The summed E-state index contributed by atoms with van der Waals surface area (Å²) in [6.45, 7) is 6.35. The SMILES string of the molecule is Cc1ccc(OCC(=O)OCC(=O)NC(=O)NC(C)(C)C)c(Br)c1. The van der Waals surface area contributed by atoms with E-state index < -0.39 is 30.1 Å². The molecule has 0 heterocycles. The Morgan fingerprint density at radius 2 is 1.83 bits per heavy atom. The van der Waals surface area contributed by atoms with E-state index in [1.165, 1.54) is 0 Å². The van der Waals surface area contributed by atoms with Gasteiger partial charge in [0.15, 0.2) is 13.2 Å². The van der Waals surface area contributed by atoms with Crippen molar-refractivity contribution in [1.82, 2.24) is 10.6 Å². The van der Waals surface area contributed by atoms with Crippen LogP contribution in [-0.4, -0.2) is 36.7 Å². The first-order chi connectivity index (χ1) is 11.1. The van der Waals surface area contributed by atoms with Gasteiger partial charge in [-0.15, -0.1) is 0 Å². The molecule has 2 N–H and O–H groups in total. The minimum absolute atomic E-state index is 0.344. The van der Waals surface area contributed by atoms with E-state index in [1.54, 1.807) is 26.8 Å². The highest BCUT2D eigenvalue weighted by Crippen LogP contribution is 2.25. The summed E-state index contributed by atoms with van der Waals surface area (Å²) in [6.07, 6.45) is 0. The van der Waals surface area contributed by atoms with Gasteiger partial charge in [0.25, 0.3) is 5.91 Å². The van der Waals surface area contributed by atoms with Gasteiger partial charge in [0.2, 0.25) is 0 Å². The smallest absolute Gasteiger partial charge is 0.344 e. The van der Waals surface area contributed by atoms with Crippen molar-refractivity contribution in [2.75, 3.05) is 13.2 Å². The number of carbonyl (C=O) groups excluding carboxylic acids is 3. The molecule has 0 aliphatic heterocycles. The number of ether oxygens (including phenoxy) is 2. The number of esters is 1. The standard InChI is InChI=1S/C16H21BrN2O5/c1-10-5-6-12(11(17)7-10)23-9-14(21)24-8-13(20)18-15(22)19-16(2,3)4/h5-7H,8-9H2,1-4H3,(H2,18,19,20,22). The Hall–Kier alpha value is -2.09. The Bertz CT molecular complexity index is 625. The number of hydrogen-bond acceptors (Lipinski definition) is 5. The van der Waals surface area contributed by atoms with E-state index in [-0.39, 0.29) is 6.61 Å². The van der Waals surface area contributed by atoms with Gasteiger partial charge >= 0.3 is 12.0 Å². The lowest BCUT2D eigenvalue weighted by atomic mass is 10.1. The fourth-order valence-electron chi connectivity index (χ4n) is 1.58. The summed E-state index contributed by atoms with van der Waals surface area (Å²) < 4.78 is 10.8. The van der Waals surface area contributed by atoms with Gasteiger partial charge in [-0.05, 0) is 61.3 Å². The lowest BCUT2D eigenvalue weighted by molar-refractivity contribution is -0.150. The first-order valence-corrected chi connectivity index (χ1v) is 8.03. The van der Waals surface area contributed by atoms with Crippen LogP contribution >= 0.6 is 15.9 Å². The van der Waals surface area contributed by atoms with Crippen molar-refractivity contribution in [2.45, 2.75) is 33.2 Å². The predicted octanol–water partition coefficient (Wildman–Crippen LogP) is 2.30. The van der Waals surface area contributed by atoms with E-state index in [0.29, 0.717) is 10.2 Å². The molecule has 0 spiro atoms. The molecule has 24 heavy (non-hydrogen) atoms. The van der Waals surface area contributed by atoms with Gasteiger partial charge in [-0.1, -0.05) is 6.07 Å². The van der Waals surface area contributed by atoms with Gasteiger partial charge in [0.05, 0.1) is 4.47 Å². The van der Waals surface area contributed by atoms with Gasteiger partial charge in [-0.3, -0.25) is 10.1 Å². The van der Waals surface area contributed by atoms with Crippen molar-refractivity contribution in [3.63, 3.8) is 0 Å². The van der Waals surface area contributed by atoms with E-state index in [4.69, 9.17) is 9.47 Å². The van der Waals surface area contributed by atoms with Crippen molar-refractivity contribution in [3.05, 3.63) is 28.2 Å². The van der Waals surface area contributed by atoms with Gasteiger partial charge in [-0.2, -0.15) is 0 Å². The van der Waals surface area contributed by atoms with Gasteiger partial charge in [0.1, 0.15) is 5.75 Å². The van der Waals surface area contributed by atoms with Crippen LogP contribution in [0.25, 0.3) is 0 Å². The van der Waals surface area contributed by atoms with Crippen LogP contribution in [0, 0.1) is 6.92 Å². The molecule has 1 aromatic rings. The van der Waals surface area contributed by atoms with Crippen molar-refractivity contribution in [2.24, 2.45) is 0 Å². The van der Waals surface area contributed by atoms with Crippen molar-refractivity contribution >= 4 is 33.8 Å². The number of benzene rings is 1. The molecule has 0 unspecified atom stereocenters. The van der Waals surface area contributed by atoms with Crippen LogP contribution in [0.2, 0.25) is 0 Å². The molecule has 8 heteroatoms. The van der Waals surface area contributed by atoms with E-state index >= 15 is 0 Å². The monoisotopic (exact) mass is 400 g/mol. The van der Waals surface area contributed by atoms with Gasteiger partial charge in [0, 0.05) is 5.54 Å². The van der Waals surface area contributed by atoms with Crippen LogP contribution in [0.15, 0.2) is 22.7 Å². The second-order valence-electron chi connectivity index (χ2n) is 6.14. The van der Waals surface area contributed by atoms with Crippen molar-refractivity contribution in [3.8, 4) is 5.75 Å². The highest BCUT2D eigenvalue weighted by molar-refractivity contribution is 9.10. The Morgan fingerprint density at radius 1 is 1.17 bits per heavy atom. The summed E-state index contributed by atoms with van der Waals surface area (Å²) in [5, 5.41) is 4.62. The van der Waals surface area contributed by atoms with Crippen LogP contribution < -0.4 is 15.4 Å². The maximum absolute atomic E-state index is 11.6. The van der Waals surface area contributed by atoms with Crippen molar-refractivity contribution < 1.29 is 23.9 Å². The van der Waals surface area contributed by atoms with Crippen LogP contribution in [0.1, 0.15) is 26.3 Å². The average molecular weight is 401 g/mol. The summed E-state index contributed by atoms with van der Waals surface area (Å²) in [4.78, 5) is 34.6. The third-order valence-corrected chi connectivity index (χ3v) is 3.16. The molecule has 0 bridgehead atoms. The van der Waals surface area contributed by atoms with E-state index in [9.17, 15) is 14.4 Å². The molecule has 1 rings (SSSR count). The molecule has 0 aromatic heterocycles. The maximum Gasteiger partial charge on any atom is 0.344 e. The second-order valence-corrected chi connectivity index (χ2v) is 6.99. The normalized spacial score (nSPS) is 10.7. The minimum atomic E-state index is -0.721. The van der Waals surface area contributed by atoms with Crippen molar-refractivity contribution in [1.29, 1.82) is 0 Å². The lowest BCUT2D eigenvalue weighted by Gasteiger charge is -2.20. The zero-order valence-electron chi connectivity index (χ0n) is 14.1. The fourth-order valence-corrected chi connectivity index (χ4v) is 2.19. The first-order valence-electron chi connectivity index (χ1n) is 7.23. The number of hydrogen-bond donors (Lipinski definition) is 2. The molecular formula is C16H21BrN2O5. The number of amides is 3. The summed E-state index contributed by atoms with van der Waals surface area (Å²) in [5.74, 6) is -0.943. The zero-order chi connectivity index (χ0) is 18.3. The maximum atomic E-state index is 11.6. The Balaban J connectivity index is 2.33. The molecular weight excluding hydrogens is 380 g/mol. The number of urea groups is 1. The highest BCUT2D eigenvalue weighted by Gasteiger charge is 2.16. The highest BCUT2D eigenvalue weighted by atomic mass is 79.9. The molecule has 1 aromatic carbocycles. The third kappa shape index (κ3) is 7.96. The van der Waals surface area contributed by atoms with E-state index in [0.717, 1.165) is 5.56 Å². The lowest BCUT2D eigenvalue weighted by Crippen LogP contribution is -2.49. The molecule has 132 valence electrons. The van der Waals surface area contributed by atoms with Crippen LogP contribution in [0.3, 0.4) is 0 Å². The van der Waals surface area contributed by atoms with E-state index in [2.05, 4.69) is 26.6 Å². The Morgan fingerprint density at radius 3 is 2.42 bits per heavy atom. The minimum Gasteiger partial charge on any atom is -0.481 e. The topological polar surface area (TPSA) is 93.7 Å². The summed E-state index contributed by atoms with van der Waals surface area (Å²) >= 11 is 3.32. The van der Waals surface area contributed by atoms with Gasteiger partial charge < -0.3 is 14.8 Å². The largest absolute Gasteiger partial charge is 0.481 e. The molecule has 3 amide bonds. The van der Waals surface area contributed by atoms with Crippen LogP contribution in [-0.2, 0) is 14.3 Å². The van der Waals surface area contributed by atoms with Gasteiger partial charge in [-0.25, -0.2) is 9.59 Å². The zero-order valence-corrected chi connectivity index (χ0v) is 15.7. The number of rotatable bonds is 5. The number of imide groups is 1. The molecule has 0 atom stereocenters. The number of halogens is 1. The third-order valence-electron chi connectivity index (χ3n) is 2.54. The summed E-state index contributed by atoms with van der Waals surface area (Å²) in [6, 6.07) is 4.76.